The number of nitrogens with one attached hydrogen (secondary N) is 1. The van der Waals surface area contributed by atoms with E-state index in [2.05, 4.69) is 21.9 Å². The van der Waals surface area contributed by atoms with Crippen LogP contribution in [0, 0.1) is 0 Å². The summed E-state index contributed by atoms with van der Waals surface area (Å²) in [6, 6.07) is 0. The third-order valence-corrected chi connectivity index (χ3v) is 2.93. The third kappa shape index (κ3) is 1.81. The third-order valence-electron chi connectivity index (χ3n) is 2.62. The summed E-state index contributed by atoms with van der Waals surface area (Å²) in [5.41, 5.74) is 0.570. The quantitative estimate of drug-likeness (QED) is 0.704. The van der Waals surface area contributed by atoms with Crippen LogP contribution in [0.4, 0.5) is 0 Å². The van der Waals surface area contributed by atoms with E-state index in [0.29, 0.717) is 11.1 Å². The molecule has 1 aromatic rings. The number of halogens is 1. The highest BCUT2D eigenvalue weighted by Crippen LogP contribution is 2.28. The first kappa shape index (κ1) is 9.68. The summed E-state index contributed by atoms with van der Waals surface area (Å²) in [4.78, 5) is 19.3. The van der Waals surface area contributed by atoms with Gasteiger partial charge in [0.25, 0.3) is 0 Å². The van der Waals surface area contributed by atoms with Crippen LogP contribution >= 0.6 is 11.6 Å². The minimum Gasteiger partial charge on any atom is -0.306 e. The summed E-state index contributed by atoms with van der Waals surface area (Å²) in [5.74, 6) is 0.400. The second-order valence-corrected chi connectivity index (χ2v) is 4.08. The van der Waals surface area contributed by atoms with Crippen molar-refractivity contribution in [2.75, 3.05) is 20.1 Å². The van der Waals surface area contributed by atoms with Gasteiger partial charge in [0.15, 0.2) is 0 Å². The minimum atomic E-state index is -0.384. The zero-order chi connectivity index (χ0) is 10.1. The van der Waals surface area contributed by atoms with Crippen LogP contribution in [-0.4, -0.2) is 35.0 Å². The van der Waals surface area contributed by atoms with Gasteiger partial charge in [-0.05, 0) is 20.0 Å². The lowest BCUT2D eigenvalue weighted by atomic mass is 10.0. The molecule has 1 saturated heterocycles. The van der Waals surface area contributed by atoms with Gasteiger partial charge in [-0.3, -0.25) is 4.98 Å². The highest BCUT2D eigenvalue weighted by atomic mass is 35.5. The number of aromatic amines is 1. The second kappa shape index (κ2) is 3.71. The Morgan fingerprint density at radius 2 is 2.50 bits per heavy atom. The Labute approximate surface area is 86.9 Å². The number of likely N-dealkylation sites (N-methyl/N-ethyl adjacent to an activating group) is 1. The van der Waals surface area contributed by atoms with E-state index in [1.54, 1.807) is 6.20 Å². The predicted octanol–water partition coefficient (Wildman–Crippen LogP) is 0.842. The van der Waals surface area contributed by atoms with Crippen LogP contribution in [0.1, 0.15) is 17.9 Å². The number of likely N-dealkylation sites (tertiary alicyclic amines) is 1. The van der Waals surface area contributed by atoms with Crippen LogP contribution in [-0.2, 0) is 0 Å². The number of H-pyrrole nitrogens is 1. The summed E-state index contributed by atoms with van der Waals surface area (Å²) in [5, 5.41) is 0.435. The zero-order valence-electron chi connectivity index (χ0n) is 7.96. The molecule has 1 aliphatic rings. The lowest BCUT2D eigenvalue weighted by molar-refractivity contribution is 0.411. The molecule has 0 amide bonds. The molecule has 1 N–H and O–H groups in total. The molecular weight excluding hydrogens is 202 g/mol. The summed E-state index contributed by atoms with van der Waals surface area (Å²) in [6.45, 7) is 2.05. The molecule has 1 aromatic heterocycles. The first-order chi connectivity index (χ1) is 6.66. The Bertz CT molecular complexity index is 390. The Kier molecular flexibility index (Phi) is 2.56. The topological polar surface area (TPSA) is 49.0 Å². The molecule has 1 unspecified atom stereocenters. The van der Waals surface area contributed by atoms with E-state index in [9.17, 15) is 4.79 Å². The van der Waals surface area contributed by atoms with Gasteiger partial charge in [-0.2, -0.15) is 0 Å². The molecule has 0 aromatic carbocycles. The van der Waals surface area contributed by atoms with Crippen molar-refractivity contribution in [3.05, 3.63) is 27.4 Å². The summed E-state index contributed by atoms with van der Waals surface area (Å²) >= 11 is 5.94. The van der Waals surface area contributed by atoms with E-state index < -0.39 is 0 Å². The molecule has 1 aliphatic heterocycles. The molecule has 0 saturated carbocycles. The van der Waals surface area contributed by atoms with Crippen molar-refractivity contribution < 1.29 is 0 Å². The number of hydrogen-bond donors (Lipinski definition) is 1. The van der Waals surface area contributed by atoms with Crippen LogP contribution in [0.5, 0.6) is 0 Å². The fraction of sp³-hybridized carbons (Fsp3) is 0.556. The van der Waals surface area contributed by atoms with Crippen molar-refractivity contribution in [1.82, 2.24) is 14.9 Å². The number of hydrogen-bond acceptors (Lipinski definition) is 3. The molecule has 0 bridgehead atoms. The molecule has 1 fully saturated rings. The van der Waals surface area contributed by atoms with Crippen LogP contribution in [0.3, 0.4) is 0 Å². The molecule has 2 heterocycles. The maximum absolute atomic E-state index is 10.9. The largest absolute Gasteiger partial charge is 0.346 e. The van der Waals surface area contributed by atoms with Crippen molar-refractivity contribution in [2.45, 2.75) is 12.3 Å². The molecule has 5 heteroatoms. The number of nitrogens with zero attached hydrogens (tertiary/aromatic N) is 2. The van der Waals surface area contributed by atoms with E-state index in [4.69, 9.17) is 11.6 Å². The van der Waals surface area contributed by atoms with Gasteiger partial charge in [0.2, 0.25) is 0 Å². The van der Waals surface area contributed by atoms with Gasteiger partial charge in [-0.1, -0.05) is 11.6 Å². The molecule has 14 heavy (non-hydrogen) atoms. The van der Waals surface area contributed by atoms with E-state index in [0.717, 1.165) is 25.1 Å². The lowest BCUT2D eigenvalue weighted by Crippen LogP contribution is -2.16. The Morgan fingerprint density at radius 3 is 3.07 bits per heavy atom. The average Bonchev–Trinajstić information content (AvgIpc) is 2.51. The standard InChI is InChI=1S/C9H12ClN3O/c1-13-3-2-6(5-13)7-4-11-9(14)12-8(7)10/h4,6H,2-3,5H2,1H3,(H,11,12,14). The van der Waals surface area contributed by atoms with E-state index in [1.165, 1.54) is 0 Å². The number of rotatable bonds is 1. The van der Waals surface area contributed by atoms with Crippen molar-refractivity contribution in [1.29, 1.82) is 0 Å². The van der Waals surface area contributed by atoms with Gasteiger partial charge >= 0.3 is 5.69 Å². The summed E-state index contributed by atoms with van der Waals surface area (Å²) in [7, 11) is 2.08. The van der Waals surface area contributed by atoms with Gasteiger partial charge in [-0.25, -0.2) is 9.78 Å². The van der Waals surface area contributed by atoms with Gasteiger partial charge in [0, 0.05) is 24.2 Å². The fourth-order valence-electron chi connectivity index (χ4n) is 1.86. The maximum Gasteiger partial charge on any atom is 0.346 e. The van der Waals surface area contributed by atoms with E-state index in [-0.39, 0.29) is 5.69 Å². The SMILES string of the molecule is CN1CCC(c2cnc(=O)[nH]c2Cl)C1. The van der Waals surface area contributed by atoms with Crippen LogP contribution in [0.2, 0.25) is 5.15 Å². The Balaban J connectivity index is 2.28. The van der Waals surface area contributed by atoms with Gasteiger partial charge in [0.05, 0.1) is 0 Å². The molecule has 1 atom stereocenters. The fourth-order valence-corrected chi connectivity index (χ4v) is 2.14. The highest BCUT2D eigenvalue weighted by Gasteiger charge is 2.23. The first-order valence-corrected chi connectivity index (χ1v) is 4.98. The maximum atomic E-state index is 10.9. The van der Waals surface area contributed by atoms with Crippen LogP contribution in [0.25, 0.3) is 0 Å². The van der Waals surface area contributed by atoms with Gasteiger partial charge < -0.3 is 4.90 Å². The van der Waals surface area contributed by atoms with Crippen molar-refractivity contribution in [3.63, 3.8) is 0 Å². The molecule has 2 rings (SSSR count). The highest BCUT2D eigenvalue weighted by molar-refractivity contribution is 6.30. The molecular formula is C9H12ClN3O. The van der Waals surface area contributed by atoms with E-state index in [1.807, 2.05) is 0 Å². The van der Waals surface area contributed by atoms with E-state index >= 15 is 0 Å². The summed E-state index contributed by atoms with van der Waals surface area (Å²) < 4.78 is 0. The molecule has 4 nitrogen and oxygen atoms in total. The molecule has 0 radical (unpaired) electrons. The molecule has 0 aliphatic carbocycles. The monoisotopic (exact) mass is 213 g/mol. The van der Waals surface area contributed by atoms with Crippen molar-refractivity contribution >= 4 is 11.6 Å². The second-order valence-electron chi connectivity index (χ2n) is 3.71. The number of aromatic nitrogens is 2. The normalized spacial score (nSPS) is 22.9. The average molecular weight is 214 g/mol. The minimum absolute atomic E-state index is 0.384. The van der Waals surface area contributed by atoms with Gasteiger partial charge in [-0.15, -0.1) is 0 Å². The lowest BCUT2D eigenvalue weighted by Gasteiger charge is -2.10. The smallest absolute Gasteiger partial charge is 0.306 e. The van der Waals surface area contributed by atoms with Crippen LogP contribution < -0.4 is 5.69 Å². The van der Waals surface area contributed by atoms with Gasteiger partial charge in [0.1, 0.15) is 5.15 Å². The van der Waals surface area contributed by atoms with Crippen molar-refractivity contribution in [3.8, 4) is 0 Å². The predicted molar refractivity (Wildman–Crippen MR) is 54.7 cm³/mol. The van der Waals surface area contributed by atoms with Crippen LogP contribution in [0.15, 0.2) is 11.0 Å². The molecule has 0 spiro atoms. The van der Waals surface area contributed by atoms with Crippen molar-refractivity contribution in [2.24, 2.45) is 0 Å². The summed E-state index contributed by atoms with van der Waals surface area (Å²) in [6.07, 6.45) is 2.66. The zero-order valence-corrected chi connectivity index (χ0v) is 8.71. The Hall–Kier alpha value is -0.870. The molecule has 76 valence electrons. The first-order valence-electron chi connectivity index (χ1n) is 4.60. The Morgan fingerprint density at radius 1 is 1.71 bits per heavy atom.